The van der Waals surface area contributed by atoms with Crippen LogP contribution in [0.1, 0.15) is 11.1 Å². The average molecular weight is 261 g/mol. The first-order valence-electron chi connectivity index (χ1n) is 5.86. The molecule has 0 aliphatic heterocycles. The van der Waals surface area contributed by atoms with E-state index in [1.54, 1.807) is 0 Å². The highest BCUT2D eigenvalue weighted by Gasteiger charge is 2.12. The zero-order valence-corrected chi connectivity index (χ0v) is 10.4. The summed E-state index contributed by atoms with van der Waals surface area (Å²) < 4.78 is 26.7. The van der Waals surface area contributed by atoms with Crippen molar-refractivity contribution in [2.45, 2.75) is 13.3 Å². The van der Waals surface area contributed by atoms with Crippen LogP contribution in [0.2, 0.25) is 0 Å². The van der Waals surface area contributed by atoms with Gasteiger partial charge in [0.05, 0.1) is 6.42 Å². The van der Waals surface area contributed by atoms with Crippen molar-refractivity contribution in [3.8, 4) is 0 Å². The number of amides is 1. The lowest BCUT2D eigenvalue weighted by Gasteiger charge is -2.08. The lowest BCUT2D eigenvalue weighted by Crippen LogP contribution is -2.17. The predicted octanol–water partition coefficient (Wildman–Crippen LogP) is 3.45. The number of nitrogens with one attached hydrogen (secondary N) is 1. The summed E-state index contributed by atoms with van der Waals surface area (Å²) in [6, 6.07) is 10.8. The van der Waals surface area contributed by atoms with E-state index in [-0.39, 0.29) is 6.42 Å². The highest BCUT2D eigenvalue weighted by atomic mass is 19.1. The van der Waals surface area contributed by atoms with Gasteiger partial charge < -0.3 is 5.32 Å². The minimum atomic E-state index is -0.780. The smallest absolute Gasteiger partial charge is 0.228 e. The summed E-state index contributed by atoms with van der Waals surface area (Å²) in [5.74, 6) is -2.01. The number of hydrogen-bond donors (Lipinski definition) is 1. The molecule has 0 saturated carbocycles. The van der Waals surface area contributed by atoms with E-state index in [1.165, 1.54) is 6.07 Å². The standard InChI is InChI=1S/C15H13F2NO/c1-10-5-2-3-6-11(10)9-14(19)18-15-12(16)7-4-8-13(15)17/h2-8H,9H2,1H3,(H,18,19). The van der Waals surface area contributed by atoms with Gasteiger partial charge in [-0.3, -0.25) is 4.79 Å². The maximum atomic E-state index is 13.4. The molecule has 0 spiro atoms. The van der Waals surface area contributed by atoms with E-state index >= 15 is 0 Å². The first-order valence-corrected chi connectivity index (χ1v) is 5.86. The number of para-hydroxylation sites is 1. The molecule has 4 heteroatoms. The van der Waals surface area contributed by atoms with Gasteiger partial charge in [-0.15, -0.1) is 0 Å². The van der Waals surface area contributed by atoms with Crippen molar-refractivity contribution in [3.63, 3.8) is 0 Å². The Balaban J connectivity index is 2.12. The molecule has 1 amide bonds. The van der Waals surface area contributed by atoms with Crippen LogP contribution in [0.4, 0.5) is 14.5 Å². The molecule has 2 aromatic carbocycles. The van der Waals surface area contributed by atoms with Crippen molar-refractivity contribution in [2.24, 2.45) is 0 Å². The normalized spacial score (nSPS) is 10.3. The van der Waals surface area contributed by atoms with Gasteiger partial charge in [0.2, 0.25) is 5.91 Å². The largest absolute Gasteiger partial charge is 0.321 e. The van der Waals surface area contributed by atoms with E-state index in [9.17, 15) is 13.6 Å². The van der Waals surface area contributed by atoms with Gasteiger partial charge >= 0.3 is 0 Å². The van der Waals surface area contributed by atoms with Gasteiger partial charge in [0, 0.05) is 0 Å². The van der Waals surface area contributed by atoms with E-state index in [1.807, 2.05) is 31.2 Å². The molecule has 2 rings (SSSR count). The van der Waals surface area contributed by atoms with Gasteiger partial charge in [0.15, 0.2) is 0 Å². The third-order valence-corrected chi connectivity index (χ3v) is 2.84. The van der Waals surface area contributed by atoms with Crippen molar-refractivity contribution in [2.75, 3.05) is 5.32 Å². The summed E-state index contributed by atoms with van der Waals surface area (Å²) in [6.45, 7) is 1.88. The van der Waals surface area contributed by atoms with E-state index in [2.05, 4.69) is 5.32 Å². The first kappa shape index (κ1) is 13.2. The van der Waals surface area contributed by atoms with Crippen LogP contribution in [-0.2, 0) is 11.2 Å². The molecule has 0 radical (unpaired) electrons. The maximum absolute atomic E-state index is 13.4. The number of carbonyl (C=O) groups is 1. The van der Waals surface area contributed by atoms with Gasteiger partial charge in [-0.2, -0.15) is 0 Å². The maximum Gasteiger partial charge on any atom is 0.228 e. The van der Waals surface area contributed by atoms with E-state index in [4.69, 9.17) is 0 Å². The third-order valence-electron chi connectivity index (χ3n) is 2.84. The Bertz CT molecular complexity index is 591. The number of anilines is 1. The fraction of sp³-hybridized carbons (Fsp3) is 0.133. The van der Waals surface area contributed by atoms with Crippen LogP contribution in [0.5, 0.6) is 0 Å². The van der Waals surface area contributed by atoms with Gasteiger partial charge in [-0.25, -0.2) is 8.78 Å². The topological polar surface area (TPSA) is 29.1 Å². The Labute approximate surface area is 110 Å². The number of rotatable bonds is 3. The minimum absolute atomic E-state index is 0.0838. The zero-order valence-electron chi connectivity index (χ0n) is 10.4. The van der Waals surface area contributed by atoms with Crippen molar-refractivity contribution in [3.05, 3.63) is 65.2 Å². The average Bonchev–Trinajstić information content (AvgIpc) is 2.37. The summed E-state index contributed by atoms with van der Waals surface area (Å²) >= 11 is 0. The molecule has 2 nitrogen and oxygen atoms in total. The second kappa shape index (κ2) is 5.61. The van der Waals surface area contributed by atoms with Crippen LogP contribution in [0.15, 0.2) is 42.5 Å². The molecule has 0 aliphatic carbocycles. The number of aryl methyl sites for hydroxylation is 1. The van der Waals surface area contributed by atoms with Crippen molar-refractivity contribution in [1.82, 2.24) is 0 Å². The fourth-order valence-electron chi connectivity index (χ4n) is 1.78. The Kier molecular flexibility index (Phi) is 3.90. The van der Waals surface area contributed by atoms with Crippen molar-refractivity contribution in [1.29, 1.82) is 0 Å². The minimum Gasteiger partial charge on any atom is -0.321 e. The van der Waals surface area contributed by atoms with E-state index < -0.39 is 23.2 Å². The van der Waals surface area contributed by atoms with Crippen molar-refractivity contribution >= 4 is 11.6 Å². The molecule has 0 atom stereocenters. The number of benzene rings is 2. The lowest BCUT2D eigenvalue weighted by molar-refractivity contribution is -0.115. The zero-order chi connectivity index (χ0) is 13.8. The van der Waals surface area contributed by atoms with Crippen LogP contribution in [0.25, 0.3) is 0 Å². The first-order chi connectivity index (χ1) is 9.08. The summed E-state index contributed by atoms with van der Waals surface area (Å²) in [5, 5.41) is 2.27. The number of hydrogen-bond acceptors (Lipinski definition) is 1. The second-order valence-electron chi connectivity index (χ2n) is 4.25. The van der Waals surface area contributed by atoms with E-state index in [0.717, 1.165) is 23.3 Å². The quantitative estimate of drug-likeness (QED) is 0.900. The van der Waals surface area contributed by atoms with Crippen LogP contribution in [-0.4, -0.2) is 5.91 Å². The molecule has 0 bridgehead atoms. The summed E-state index contributed by atoms with van der Waals surface area (Å²) in [5.41, 5.74) is 1.39. The Morgan fingerprint density at radius 3 is 2.32 bits per heavy atom. The Morgan fingerprint density at radius 1 is 1.05 bits per heavy atom. The molecule has 0 fully saturated rings. The Morgan fingerprint density at radius 2 is 1.68 bits per heavy atom. The predicted molar refractivity (Wildman–Crippen MR) is 69.9 cm³/mol. The fourth-order valence-corrected chi connectivity index (χ4v) is 1.78. The monoisotopic (exact) mass is 261 g/mol. The molecule has 0 aliphatic rings. The van der Waals surface area contributed by atoms with Crippen LogP contribution >= 0.6 is 0 Å². The number of halogens is 2. The molecule has 2 aromatic rings. The molecule has 1 N–H and O–H groups in total. The second-order valence-corrected chi connectivity index (χ2v) is 4.25. The molecular weight excluding hydrogens is 248 g/mol. The van der Waals surface area contributed by atoms with Gasteiger partial charge in [-0.1, -0.05) is 30.3 Å². The summed E-state index contributed by atoms with van der Waals surface area (Å²) in [6.07, 6.45) is 0.0838. The lowest BCUT2D eigenvalue weighted by atomic mass is 10.1. The Hall–Kier alpha value is -2.23. The molecular formula is C15H13F2NO. The summed E-state index contributed by atoms with van der Waals surface area (Å²) in [7, 11) is 0. The van der Waals surface area contributed by atoms with E-state index in [0.29, 0.717) is 0 Å². The van der Waals surface area contributed by atoms with Crippen LogP contribution < -0.4 is 5.32 Å². The highest BCUT2D eigenvalue weighted by molar-refractivity contribution is 5.92. The third kappa shape index (κ3) is 3.16. The SMILES string of the molecule is Cc1ccccc1CC(=O)Nc1c(F)cccc1F. The molecule has 0 heterocycles. The molecule has 19 heavy (non-hydrogen) atoms. The van der Waals surface area contributed by atoms with Gasteiger partial charge in [-0.05, 0) is 30.2 Å². The van der Waals surface area contributed by atoms with Gasteiger partial charge in [0.25, 0.3) is 0 Å². The van der Waals surface area contributed by atoms with Crippen LogP contribution in [0, 0.1) is 18.6 Å². The summed E-state index contributed by atoms with van der Waals surface area (Å²) in [4.78, 5) is 11.8. The molecule has 0 unspecified atom stereocenters. The molecule has 0 aromatic heterocycles. The highest BCUT2D eigenvalue weighted by Crippen LogP contribution is 2.18. The molecule has 0 saturated heterocycles. The van der Waals surface area contributed by atoms with Crippen molar-refractivity contribution < 1.29 is 13.6 Å². The van der Waals surface area contributed by atoms with Crippen LogP contribution in [0.3, 0.4) is 0 Å². The number of carbonyl (C=O) groups excluding carboxylic acids is 1. The van der Waals surface area contributed by atoms with Gasteiger partial charge in [0.1, 0.15) is 17.3 Å². The molecule has 98 valence electrons.